The number of rotatable bonds is 6. The SMILES string of the molecule is C=C(Cn1ccc2c(OCC)cccc21)C(=O)OCC. The third kappa shape index (κ3) is 2.85. The first-order valence-electron chi connectivity index (χ1n) is 6.73. The summed E-state index contributed by atoms with van der Waals surface area (Å²) >= 11 is 0. The van der Waals surface area contributed by atoms with Crippen LogP contribution in [0.2, 0.25) is 0 Å². The van der Waals surface area contributed by atoms with Gasteiger partial charge in [0, 0.05) is 17.2 Å². The van der Waals surface area contributed by atoms with Gasteiger partial charge in [0.15, 0.2) is 0 Å². The molecule has 2 rings (SSSR count). The van der Waals surface area contributed by atoms with Gasteiger partial charge in [-0.3, -0.25) is 0 Å². The Kier molecular flexibility index (Phi) is 4.45. The Balaban J connectivity index is 2.26. The van der Waals surface area contributed by atoms with Crippen molar-refractivity contribution >= 4 is 16.9 Å². The van der Waals surface area contributed by atoms with Crippen molar-refractivity contribution in [2.45, 2.75) is 20.4 Å². The number of nitrogens with zero attached hydrogens (tertiary/aromatic N) is 1. The average molecular weight is 273 g/mol. The van der Waals surface area contributed by atoms with Gasteiger partial charge in [-0.15, -0.1) is 0 Å². The molecule has 0 fully saturated rings. The topological polar surface area (TPSA) is 40.5 Å². The van der Waals surface area contributed by atoms with Crippen molar-refractivity contribution in [2.75, 3.05) is 13.2 Å². The summed E-state index contributed by atoms with van der Waals surface area (Å²) < 4.78 is 12.5. The lowest BCUT2D eigenvalue weighted by Crippen LogP contribution is -2.11. The number of aromatic nitrogens is 1. The maximum Gasteiger partial charge on any atom is 0.335 e. The van der Waals surface area contributed by atoms with Crippen LogP contribution in [0.15, 0.2) is 42.6 Å². The Morgan fingerprint density at radius 2 is 2.05 bits per heavy atom. The lowest BCUT2D eigenvalue weighted by molar-refractivity contribution is -0.138. The molecule has 4 nitrogen and oxygen atoms in total. The van der Waals surface area contributed by atoms with E-state index in [1.165, 1.54) is 0 Å². The quantitative estimate of drug-likeness (QED) is 0.599. The lowest BCUT2D eigenvalue weighted by atomic mass is 10.2. The largest absolute Gasteiger partial charge is 0.493 e. The molecule has 20 heavy (non-hydrogen) atoms. The number of carbonyl (C=O) groups excluding carboxylic acids is 1. The fourth-order valence-corrected chi connectivity index (χ4v) is 2.12. The van der Waals surface area contributed by atoms with Gasteiger partial charge in [-0.05, 0) is 32.0 Å². The molecule has 1 heterocycles. The van der Waals surface area contributed by atoms with Crippen LogP contribution in [0.3, 0.4) is 0 Å². The summed E-state index contributed by atoms with van der Waals surface area (Å²) in [6, 6.07) is 7.86. The van der Waals surface area contributed by atoms with Crippen LogP contribution in [0.4, 0.5) is 0 Å². The van der Waals surface area contributed by atoms with E-state index in [0.717, 1.165) is 16.7 Å². The van der Waals surface area contributed by atoms with Crippen LogP contribution in [-0.2, 0) is 16.1 Å². The van der Waals surface area contributed by atoms with Crippen LogP contribution in [-0.4, -0.2) is 23.8 Å². The van der Waals surface area contributed by atoms with Gasteiger partial charge in [-0.1, -0.05) is 12.6 Å². The van der Waals surface area contributed by atoms with Crippen LogP contribution in [0, 0.1) is 0 Å². The highest BCUT2D eigenvalue weighted by Gasteiger charge is 2.11. The monoisotopic (exact) mass is 273 g/mol. The smallest absolute Gasteiger partial charge is 0.335 e. The maximum atomic E-state index is 11.6. The highest BCUT2D eigenvalue weighted by molar-refractivity contribution is 5.89. The first-order chi connectivity index (χ1) is 9.67. The molecule has 4 heteroatoms. The minimum atomic E-state index is -0.352. The van der Waals surface area contributed by atoms with Gasteiger partial charge in [0.2, 0.25) is 0 Å². The van der Waals surface area contributed by atoms with Crippen LogP contribution >= 0.6 is 0 Å². The molecule has 106 valence electrons. The van der Waals surface area contributed by atoms with Crippen molar-refractivity contribution in [1.29, 1.82) is 0 Å². The van der Waals surface area contributed by atoms with Crippen molar-refractivity contribution in [2.24, 2.45) is 0 Å². The Morgan fingerprint density at radius 1 is 1.25 bits per heavy atom. The molecule has 1 aromatic heterocycles. The molecule has 2 aromatic rings. The predicted molar refractivity (Wildman–Crippen MR) is 78.9 cm³/mol. The predicted octanol–water partition coefficient (Wildman–Crippen LogP) is 3.16. The van der Waals surface area contributed by atoms with Crippen LogP contribution in [0.25, 0.3) is 10.9 Å². The minimum Gasteiger partial charge on any atom is -0.493 e. The minimum absolute atomic E-state index is 0.352. The molecule has 0 N–H and O–H groups in total. The number of fused-ring (bicyclic) bond motifs is 1. The summed E-state index contributed by atoms with van der Waals surface area (Å²) in [5, 5.41) is 1.03. The first kappa shape index (κ1) is 14.2. The van der Waals surface area contributed by atoms with E-state index in [-0.39, 0.29) is 5.97 Å². The van der Waals surface area contributed by atoms with Gasteiger partial charge in [0.1, 0.15) is 5.75 Å². The summed E-state index contributed by atoms with van der Waals surface area (Å²) in [6.07, 6.45) is 1.93. The van der Waals surface area contributed by atoms with Crippen molar-refractivity contribution in [3.63, 3.8) is 0 Å². The van der Waals surface area contributed by atoms with E-state index in [0.29, 0.717) is 25.3 Å². The van der Waals surface area contributed by atoms with Crippen LogP contribution in [0.1, 0.15) is 13.8 Å². The third-order valence-electron chi connectivity index (χ3n) is 3.00. The highest BCUT2D eigenvalue weighted by atomic mass is 16.5. The zero-order valence-corrected chi connectivity index (χ0v) is 11.9. The molecular weight excluding hydrogens is 254 g/mol. The van der Waals surface area contributed by atoms with Gasteiger partial charge in [-0.2, -0.15) is 0 Å². The second-order valence-electron chi connectivity index (χ2n) is 4.39. The molecule has 0 aliphatic rings. The Hall–Kier alpha value is -2.23. The molecule has 1 aromatic carbocycles. The van der Waals surface area contributed by atoms with E-state index in [1.807, 2.05) is 42.0 Å². The number of benzene rings is 1. The second kappa shape index (κ2) is 6.28. The number of carbonyl (C=O) groups is 1. The summed E-state index contributed by atoms with van der Waals surface area (Å²) in [4.78, 5) is 11.6. The van der Waals surface area contributed by atoms with Gasteiger partial charge in [-0.25, -0.2) is 4.79 Å². The number of ether oxygens (including phenoxy) is 2. The molecule has 0 unspecified atom stereocenters. The van der Waals surface area contributed by atoms with Crippen molar-refractivity contribution < 1.29 is 14.3 Å². The summed E-state index contributed by atoms with van der Waals surface area (Å²) in [7, 11) is 0. The van der Waals surface area contributed by atoms with E-state index in [2.05, 4.69) is 6.58 Å². The van der Waals surface area contributed by atoms with E-state index >= 15 is 0 Å². The van der Waals surface area contributed by atoms with Gasteiger partial charge < -0.3 is 14.0 Å². The second-order valence-corrected chi connectivity index (χ2v) is 4.39. The fraction of sp³-hybridized carbons (Fsp3) is 0.312. The summed E-state index contributed by atoms with van der Waals surface area (Å²) in [6.45, 7) is 8.93. The van der Waals surface area contributed by atoms with Crippen LogP contribution < -0.4 is 4.74 Å². The van der Waals surface area contributed by atoms with E-state index < -0.39 is 0 Å². The van der Waals surface area contributed by atoms with Gasteiger partial charge in [0.05, 0.1) is 25.3 Å². The number of hydrogen-bond donors (Lipinski definition) is 0. The highest BCUT2D eigenvalue weighted by Crippen LogP contribution is 2.27. The standard InChI is InChI=1S/C16H19NO3/c1-4-19-15-8-6-7-14-13(15)9-10-17(14)11-12(3)16(18)20-5-2/h6-10H,3-5,11H2,1-2H3. The van der Waals surface area contributed by atoms with E-state index in [9.17, 15) is 4.79 Å². The fourth-order valence-electron chi connectivity index (χ4n) is 2.12. The number of esters is 1. The zero-order valence-electron chi connectivity index (χ0n) is 11.9. The van der Waals surface area contributed by atoms with Gasteiger partial charge >= 0.3 is 5.97 Å². The molecule has 0 aliphatic heterocycles. The van der Waals surface area contributed by atoms with Crippen LogP contribution in [0.5, 0.6) is 5.75 Å². The van der Waals surface area contributed by atoms with E-state index in [1.54, 1.807) is 6.92 Å². The Labute approximate surface area is 118 Å². The average Bonchev–Trinajstić information content (AvgIpc) is 2.84. The van der Waals surface area contributed by atoms with Gasteiger partial charge in [0.25, 0.3) is 0 Å². The molecule has 0 saturated heterocycles. The molecule has 0 bridgehead atoms. The van der Waals surface area contributed by atoms with Crippen molar-refractivity contribution in [3.05, 3.63) is 42.6 Å². The zero-order chi connectivity index (χ0) is 14.5. The molecular formula is C16H19NO3. The van der Waals surface area contributed by atoms with Crippen molar-refractivity contribution in [1.82, 2.24) is 4.57 Å². The summed E-state index contributed by atoms with van der Waals surface area (Å²) in [5.74, 6) is 0.501. The third-order valence-corrected chi connectivity index (χ3v) is 3.00. The van der Waals surface area contributed by atoms with Crippen molar-refractivity contribution in [3.8, 4) is 5.75 Å². The molecule has 0 saturated carbocycles. The maximum absolute atomic E-state index is 11.6. The number of hydrogen-bond acceptors (Lipinski definition) is 3. The molecule has 0 radical (unpaired) electrons. The Morgan fingerprint density at radius 3 is 2.75 bits per heavy atom. The first-order valence-corrected chi connectivity index (χ1v) is 6.73. The lowest BCUT2D eigenvalue weighted by Gasteiger charge is -2.09. The summed E-state index contributed by atoms with van der Waals surface area (Å²) in [5.41, 5.74) is 1.45. The van der Waals surface area contributed by atoms with E-state index in [4.69, 9.17) is 9.47 Å². The molecule has 0 atom stereocenters. The normalized spacial score (nSPS) is 10.5. The Bertz CT molecular complexity index is 628. The molecule has 0 aliphatic carbocycles. The molecule has 0 spiro atoms. The molecule has 0 amide bonds.